The normalized spacial score (nSPS) is 24.7. The van der Waals surface area contributed by atoms with E-state index in [9.17, 15) is 0 Å². The SMILES string of the molecule is CN(C)C1=N[C@H]2O[C@H](COCc3ccccc3)[C@@H](OCc3ccccc3)[C@H](OCc3ccccc3)[C@H]2O1. The van der Waals surface area contributed by atoms with Gasteiger partial charge in [-0.05, 0) is 16.7 Å². The molecule has 7 heteroatoms. The van der Waals surface area contributed by atoms with Gasteiger partial charge in [-0.3, -0.25) is 0 Å². The molecule has 0 aromatic heterocycles. The summed E-state index contributed by atoms with van der Waals surface area (Å²) in [6, 6.07) is 30.8. The second-order valence-corrected chi connectivity index (χ2v) is 9.48. The Morgan fingerprint density at radius 3 is 1.76 bits per heavy atom. The highest BCUT2D eigenvalue weighted by atomic mass is 16.6. The molecule has 3 aromatic rings. The van der Waals surface area contributed by atoms with Gasteiger partial charge in [0.15, 0.2) is 12.3 Å². The Labute approximate surface area is 218 Å². The lowest BCUT2D eigenvalue weighted by Gasteiger charge is -2.42. The van der Waals surface area contributed by atoms with Crippen LogP contribution in [-0.4, -0.2) is 62.3 Å². The molecule has 37 heavy (non-hydrogen) atoms. The number of rotatable bonds is 10. The number of ether oxygens (including phenoxy) is 5. The van der Waals surface area contributed by atoms with Crippen LogP contribution in [0.15, 0.2) is 96.0 Å². The lowest BCUT2D eigenvalue weighted by atomic mass is 9.97. The zero-order valence-corrected chi connectivity index (χ0v) is 21.3. The summed E-state index contributed by atoms with van der Waals surface area (Å²) in [7, 11) is 3.81. The Bertz CT molecular complexity index is 1130. The van der Waals surface area contributed by atoms with E-state index in [-0.39, 0.29) is 6.10 Å². The van der Waals surface area contributed by atoms with Gasteiger partial charge in [-0.1, -0.05) is 91.0 Å². The molecule has 0 unspecified atom stereocenters. The molecule has 0 saturated carbocycles. The van der Waals surface area contributed by atoms with Crippen molar-refractivity contribution in [1.29, 1.82) is 0 Å². The van der Waals surface area contributed by atoms with Crippen LogP contribution in [0.2, 0.25) is 0 Å². The summed E-state index contributed by atoms with van der Waals surface area (Å²) in [6.07, 6.45) is -2.14. The molecule has 0 spiro atoms. The second-order valence-electron chi connectivity index (χ2n) is 9.48. The summed E-state index contributed by atoms with van der Waals surface area (Å²) >= 11 is 0. The maximum absolute atomic E-state index is 6.53. The van der Waals surface area contributed by atoms with Crippen molar-refractivity contribution >= 4 is 6.02 Å². The Morgan fingerprint density at radius 2 is 1.22 bits per heavy atom. The van der Waals surface area contributed by atoms with Gasteiger partial charge >= 0.3 is 0 Å². The first-order chi connectivity index (χ1) is 18.2. The minimum Gasteiger partial charge on any atom is -0.454 e. The number of amidine groups is 1. The summed E-state index contributed by atoms with van der Waals surface area (Å²) in [6.45, 7) is 1.68. The zero-order chi connectivity index (χ0) is 25.5. The fourth-order valence-corrected chi connectivity index (χ4v) is 4.53. The van der Waals surface area contributed by atoms with E-state index in [1.165, 1.54) is 0 Å². The third-order valence-electron chi connectivity index (χ3n) is 6.44. The molecule has 2 aliphatic heterocycles. The summed E-state index contributed by atoms with van der Waals surface area (Å²) < 4.78 is 31.8. The third kappa shape index (κ3) is 6.56. The van der Waals surface area contributed by atoms with Crippen LogP contribution in [0.1, 0.15) is 16.7 Å². The summed E-state index contributed by atoms with van der Waals surface area (Å²) in [4.78, 5) is 6.53. The highest BCUT2D eigenvalue weighted by Crippen LogP contribution is 2.34. The van der Waals surface area contributed by atoms with Crippen LogP contribution in [0.25, 0.3) is 0 Å². The Morgan fingerprint density at radius 1 is 0.703 bits per heavy atom. The van der Waals surface area contributed by atoms with Gasteiger partial charge in [-0.2, -0.15) is 4.99 Å². The van der Waals surface area contributed by atoms with Crippen LogP contribution in [0.5, 0.6) is 0 Å². The Hall–Kier alpha value is -3.23. The standard InChI is InChI=1S/C30H34N2O5/c1-32(2)30-31-29-28(37-30)27(35-20-24-16-10-5-11-17-24)26(34-19-23-14-8-4-9-15-23)25(36-29)21-33-18-22-12-6-3-7-13-22/h3-17,25-29H,18-21H2,1-2H3/t25-,26-,27+,28-,29+/m1/s1. The number of fused-ring (bicyclic) bond motifs is 1. The van der Waals surface area contributed by atoms with Gasteiger partial charge in [0, 0.05) is 14.1 Å². The van der Waals surface area contributed by atoms with Crippen LogP contribution in [0.4, 0.5) is 0 Å². The molecule has 0 amide bonds. The summed E-state index contributed by atoms with van der Waals surface area (Å²) in [5, 5.41) is 0. The average molecular weight is 503 g/mol. The molecule has 1 saturated heterocycles. The number of nitrogens with zero attached hydrogens (tertiary/aromatic N) is 2. The first kappa shape index (κ1) is 25.4. The van der Waals surface area contributed by atoms with Crippen LogP contribution >= 0.6 is 0 Å². The first-order valence-corrected chi connectivity index (χ1v) is 12.7. The minimum absolute atomic E-state index is 0.343. The van der Waals surface area contributed by atoms with Crippen molar-refractivity contribution < 1.29 is 23.7 Å². The van der Waals surface area contributed by atoms with Crippen molar-refractivity contribution in [2.75, 3.05) is 20.7 Å². The van der Waals surface area contributed by atoms with E-state index in [0.29, 0.717) is 32.4 Å². The highest BCUT2D eigenvalue weighted by Gasteiger charge is 2.52. The molecule has 1 fully saturated rings. The average Bonchev–Trinajstić information content (AvgIpc) is 3.37. The number of aliphatic imine (C=N–C) groups is 1. The van der Waals surface area contributed by atoms with E-state index in [1.807, 2.05) is 110 Å². The lowest BCUT2D eigenvalue weighted by Crippen LogP contribution is -2.59. The van der Waals surface area contributed by atoms with Gasteiger partial charge in [-0.25, -0.2) is 0 Å². The zero-order valence-electron chi connectivity index (χ0n) is 21.3. The molecule has 194 valence electrons. The highest BCUT2D eigenvalue weighted by molar-refractivity contribution is 5.75. The first-order valence-electron chi connectivity index (χ1n) is 12.7. The fraction of sp³-hybridized carbons (Fsp3) is 0.367. The van der Waals surface area contributed by atoms with Crippen molar-refractivity contribution in [2.45, 2.75) is 50.5 Å². The van der Waals surface area contributed by atoms with Gasteiger partial charge in [0.1, 0.15) is 18.3 Å². The molecule has 2 heterocycles. The van der Waals surface area contributed by atoms with Crippen molar-refractivity contribution in [3.05, 3.63) is 108 Å². The van der Waals surface area contributed by atoms with E-state index in [4.69, 9.17) is 28.7 Å². The number of benzene rings is 3. The molecule has 0 bridgehead atoms. The monoisotopic (exact) mass is 502 g/mol. The Balaban J connectivity index is 1.36. The van der Waals surface area contributed by atoms with Crippen molar-refractivity contribution in [3.63, 3.8) is 0 Å². The summed E-state index contributed by atoms with van der Waals surface area (Å²) in [5.74, 6) is 0. The molecule has 2 aliphatic rings. The van der Waals surface area contributed by atoms with Crippen LogP contribution in [0, 0.1) is 0 Å². The van der Waals surface area contributed by atoms with Gasteiger partial charge < -0.3 is 28.6 Å². The predicted molar refractivity (Wildman–Crippen MR) is 141 cm³/mol. The molecule has 5 atom stereocenters. The maximum Gasteiger partial charge on any atom is 0.290 e. The molecule has 0 N–H and O–H groups in total. The molecule has 5 rings (SSSR count). The van der Waals surface area contributed by atoms with Gasteiger partial charge in [-0.15, -0.1) is 0 Å². The number of hydrogen-bond donors (Lipinski definition) is 0. The predicted octanol–water partition coefficient (Wildman–Crippen LogP) is 4.42. The van der Waals surface area contributed by atoms with Crippen molar-refractivity contribution in [3.8, 4) is 0 Å². The molecule has 3 aromatic carbocycles. The van der Waals surface area contributed by atoms with Crippen LogP contribution < -0.4 is 0 Å². The second kappa shape index (κ2) is 12.3. The van der Waals surface area contributed by atoms with Gasteiger partial charge in [0.2, 0.25) is 0 Å². The maximum atomic E-state index is 6.53. The largest absolute Gasteiger partial charge is 0.454 e. The fourth-order valence-electron chi connectivity index (χ4n) is 4.53. The van der Waals surface area contributed by atoms with E-state index in [1.54, 1.807) is 0 Å². The lowest BCUT2D eigenvalue weighted by molar-refractivity contribution is -0.249. The number of hydrogen-bond acceptors (Lipinski definition) is 7. The quantitative estimate of drug-likeness (QED) is 0.409. The molecular weight excluding hydrogens is 468 g/mol. The van der Waals surface area contributed by atoms with E-state index in [0.717, 1.165) is 16.7 Å². The third-order valence-corrected chi connectivity index (χ3v) is 6.44. The van der Waals surface area contributed by atoms with Gasteiger partial charge in [0.05, 0.1) is 26.4 Å². The smallest absolute Gasteiger partial charge is 0.290 e. The van der Waals surface area contributed by atoms with Crippen molar-refractivity contribution in [1.82, 2.24) is 4.90 Å². The van der Waals surface area contributed by atoms with Gasteiger partial charge in [0.25, 0.3) is 6.02 Å². The van der Waals surface area contributed by atoms with E-state index >= 15 is 0 Å². The van der Waals surface area contributed by atoms with Crippen LogP contribution in [-0.2, 0) is 43.5 Å². The van der Waals surface area contributed by atoms with Crippen LogP contribution in [0.3, 0.4) is 0 Å². The van der Waals surface area contributed by atoms with Crippen molar-refractivity contribution in [2.24, 2.45) is 4.99 Å². The molecule has 7 nitrogen and oxygen atoms in total. The molecule has 0 radical (unpaired) electrons. The molecular formula is C30H34N2O5. The summed E-state index contributed by atoms with van der Waals surface area (Å²) in [5.41, 5.74) is 3.26. The topological polar surface area (TPSA) is 61.8 Å². The Kier molecular flexibility index (Phi) is 8.48. The van der Waals surface area contributed by atoms with E-state index < -0.39 is 24.5 Å². The minimum atomic E-state index is -0.500. The molecule has 0 aliphatic carbocycles. The van der Waals surface area contributed by atoms with E-state index in [2.05, 4.69) is 0 Å².